The lowest BCUT2D eigenvalue weighted by molar-refractivity contribution is 0.0680. The highest BCUT2D eigenvalue weighted by Crippen LogP contribution is 2.33. The van der Waals surface area contributed by atoms with Crippen LogP contribution in [0.5, 0.6) is 11.5 Å². The summed E-state index contributed by atoms with van der Waals surface area (Å²) in [7, 11) is 0. The number of hydrogen-bond acceptors (Lipinski definition) is 4. The van der Waals surface area contributed by atoms with Crippen molar-refractivity contribution in [2.24, 2.45) is 5.41 Å². The van der Waals surface area contributed by atoms with Crippen LogP contribution in [0.4, 0.5) is 0 Å². The van der Waals surface area contributed by atoms with Crippen LogP contribution >= 0.6 is 0 Å². The maximum atomic E-state index is 12.9. The van der Waals surface area contributed by atoms with E-state index in [0.717, 1.165) is 5.56 Å². The first-order chi connectivity index (χ1) is 12.4. The quantitative estimate of drug-likeness (QED) is 0.719. The molecule has 2 rings (SSSR count). The Hall–Kier alpha value is -2.82. The van der Waals surface area contributed by atoms with E-state index in [1.165, 1.54) is 12.1 Å². The Morgan fingerprint density at radius 2 is 1.59 bits per heavy atom. The van der Waals surface area contributed by atoms with Gasteiger partial charge >= 0.3 is 5.97 Å². The van der Waals surface area contributed by atoms with Gasteiger partial charge in [0.15, 0.2) is 5.78 Å². The number of benzene rings is 2. The first-order valence-corrected chi connectivity index (χ1v) is 8.79. The average Bonchev–Trinajstić information content (AvgIpc) is 2.52. The molecule has 0 aliphatic heterocycles. The minimum Gasteiger partial charge on any atom is -0.507 e. The number of carboxylic acids is 1. The van der Waals surface area contributed by atoms with E-state index in [9.17, 15) is 19.8 Å². The van der Waals surface area contributed by atoms with Crippen molar-refractivity contribution < 1.29 is 24.5 Å². The molecule has 0 saturated heterocycles. The number of phenols is 1. The first-order valence-electron chi connectivity index (χ1n) is 8.79. The van der Waals surface area contributed by atoms with Gasteiger partial charge in [-0.25, -0.2) is 4.79 Å². The largest absolute Gasteiger partial charge is 0.507 e. The van der Waals surface area contributed by atoms with E-state index in [2.05, 4.69) is 0 Å². The zero-order valence-electron chi connectivity index (χ0n) is 16.4. The number of aromatic hydroxyl groups is 1. The molecule has 5 heteroatoms. The van der Waals surface area contributed by atoms with Gasteiger partial charge in [-0.05, 0) is 57.0 Å². The van der Waals surface area contributed by atoms with Crippen LogP contribution in [-0.2, 0) is 6.42 Å². The predicted molar refractivity (Wildman–Crippen MR) is 104 cm³/mol. The van der Waals surface area contributed by atoms with Crippen LogP contribution in [0.1, 0.15) is 60.9 Å². The van der Waals surface area contributed by atoms with E-state index in [1.54, 1.807) is 44.2 Å². The van der Waals surface area contributed by atoms with E-state index in [1.807, 2.05) is 20.8 Å². The van der Waals surface area contributed by atoms with Crippen molar-refractivity contribution in [2.75, 3.05) is 0 Å². The Balaban J connectivity index is 2.35. The molecule has 0 unspecified atom stereocenters. The number of para-hydroxylation sites is 1. The summed E-state index contributed by atoms with van der Waals surface area (Å²) in [5.74, 6) is -1.02. The molecule has 2 N–H and O–H groups in total. The normalized spacial score (nSPS) is 11.9. The van der Waals surface area contributed by atoms with E-state index < -0.39 is 17.0 Å². The lowest BCUT2D eigenvalue weighted by Gasteiger charge is -2.26. The first kappa shape index (κ1) is 20.5. The zero-order chi connectivity index (χ0) is 20.4. The summed E-state index contributed by atoms with van der Waals surface area (Å²) in [5, 5.41) is 19.4. The molecule has 0 saturated carbocycles. The van der Waals surface area contributed by atoms with Gasteiger partial charge < -0.3 is 14.9 Å². The molecule has 0 bridgehead atoms. The van der Waals surface area contributed by atoms with Gasteiger partial charge in [0.2, 0.25) is 0 Å². The third-order valence-electron chi connectivity index (χ3n) is 4.10. The molecule has 2 aromatic carbocycles. The molecule has 27 heavy (non-hydrogen) atoms. The van der Waals surface area contributed by atoms with Gasteiger partial charge in [-0.1, -0.05) is 32.0 Å². The molecule has 0 fully saturated rings. The van der Waals surface area contributed by atoms with E-state index in [-0.39, 0.29) is 28.4 Å². The van der Waals surface area contributed by atoms with Crippen LogP contribution < -0.4 is 4.74 Å². The molecule has 0 atom stereocenters. The summed E-state index contributed by atoms with van der Waals surface area (Å²) in [5.41, 5.74) is -0.200. The molecule has 0 spiro atoms. The average molecular weight is 370 g/mol. The molecule has 0 heterocycles. The molecule has 5 nitrogen and oxygen atoms in total. The van der Waals surface area contributed by atoms with Crippen LogP contribution in [0.25, 0.3) is 0 Å². The SMILES string of the molecule is CC(C)(C)Oc1cc(CC(C)(C)C(=O)c2ccccc2O)ccc1C(=O)O. The second-order valence-corrected chi connectivity index (χ2v) is 8.26. The summed E-state index contributed by atoms with van der Waals surface area (Å²) in [4.78, 5) is 24.4. The van der Waals surface area contributed by atoms with Crippen molar-refractivity contribution >= 4 is 11.8 Å². The van der Waals surface area contributed by atoms with Gasteiger partial charge in [0, 0.05) is 5.41 Å². The molecular formula is C22H26O5. The summed E-state index contributed by atoms with van der Waals surface area (Å²) in [6, 6.07) is 11.3. The minimum absolute atomic E-state index is 0.0476. The standard InChI is InChI=1S/C22H26O5/c1-21(2,3)27-18-12-14(10-11-16(18)20(25)26)13-22(4,5)19(24)15-8-6-7-9-17(15)23/h6-12,23H,13H2,1-5H3,(H,25,26). The number of hydrogen-bond donors (Lipinski definition) is 2. The van der Waals surface area contributed by atoms with Crippen molar-refractivity contribution in [2.45, 2.75) is 46.6 Å². The second kappa shape index (κ2) is 7.43. The fourth-order valence-electron chi connectivity index (χ4n) is 2.89. The Bertz CT molecular complexity index is 859. The number of Topliss-reactive ketones (excluding diaryl/α,β-unsaturated/α-hetero) is 1. The number of ketones is 1. The maximum absolute atomic E-state index is 12.9. The fraction of sp³-hybridized carbons (Fsp3) is 0.364. The fourth-order valence-corrected chi connectivity index (χ4v) is 2.89. The zero-order valence-corrected chi connectivity index (χ0v) is 16.4. The number of rotatable bonds is 6. The third-order valence-corrected chi connectivity index (χ3v) is 4.10. The van der Waals surface area contributed by atoms with Crippen molar-refractivity contribution in [1.29, 1.82) is 0 Å². The minimum atomic E-state index is -1.06. The number of carbonyl (C=O) groups excluding carboxylic acids is 1. The predicted octanol–water partition coefficient (Wildman–Crippen LogP) is 4.72. The number of carbonyl (C=O) groups is 2. The molecule has 0 aliphatic rings. The van der Waals surface area contributed by atoms with Crippen molar-refractivity contribution in [3.63, 3.8) is 0 Å². The summed E-state index contributed by atoms with van der Waals surface area (Å²) in [6.07, 6.45) is 0.376. The third kappa shape index (κ3) is 5.09. The van der Waals surface area contributed by atoms with Gasteiger partial charge in [0.25, 0.3) is 0 Å². The van der Waals surface area contributed by atoms with Crippen LogP contribution in [0.15, 0.2) is 42.5 Å². The van der Waals surface area contributed by atoms with Gasteiger partial charge in [-0.2, -0.15) is 0 Å². The Labute approximate surface area is 159 Å². The number of phenolic OH excluding ortho intramolecular Hbond substituents is 1. The second-order valence-electron chi connectivity index (χ2n) is 8.26. The van der Waals surface area contributed by atoms with Crippen LogP contribution in [0, 0.1) is 5.41 Å². The number of aromatic carboxylic acids is 1. The molecule has 2 aromatic rings. The van der Waals surface area contributed by atoms with Gasteiger partial charge in [-0.3, -0.25) is 4.79 Å². The van der Waals surface area contributed by atoms with Crippen LogP contribution in [0.2, 0.25) is 0 Å². The number of carboxylic acid groups (broad SMARTS) is 1. The smallest absolute Gasteiger partial charge is 0.339 e. The molecule has 144 valence electrons. The molecule has 0 aliphatic carbocycles. The van der Waals surface area contributed by atoms with E-state index in [4.69, 9.17) is 4.74 Å². The summed E-state index contributed by atoms with van der Waals surface area (Å²) >= 11 is 0. The molecule has 0 amide bonds. The lowest BCUT2D eigenvalue weighted by Crippen LogP contribution is -2.27. The van der Waals surface area contributed by atoms with Crippen molar-refractivity contribution in [1.82, 2.24) is 0 Å². The van der Waals surface area contributed by atoms with Crippen molar-refractivity contribution in [3.8, 4) is 11.5 Å². The highest BCUT2D eigenvalue weighted by Gasteiger charge is 2.31. The Kier molecular flexibility index (Phi) is 5.64. The van der Waals surface area contributed by atoms with Crippen LogP contribution in [0.3, 0.4) is 0 Å². The van der Waals surface area contributed by atoms with Gasteiger partial charge in [-0.15, -0.1) is 0 Å². The molecule has 0 aromatic heterocycles. The van der Waals surface area contributed by atoms with Crippen LogP contribution in [-0.4, -0.2) is 27.6 Å². The Morgan fingerprint density at radius 1 is 0.963 bits per heavy atom. The monoisotopic (exact) mass is 370 g/mol. The number of ether oxygens (including phenoxy) is 1. The topological polar surface area (TPSA) is 83.8 Å². The Morgan fingerprint density at radius 3 is 2.15 bits per heavy atom. The molecule has 0 radical (unpaired) electrons. The van der Waals surface area contributed by atoms with Gasteiger partial charge in [0.05, 0.1) is 5.56 Å². The molecular weight excluding hydrogens is 344 g/mol. The highest BCUT2D eigenvalue weighted by molar-refractivity contribution is 6.02. The summed E-state index contributed by atoms with van der Waals surface area (Å²) in [6.45, 7) is 9.14. The van der Waals surface area contributed by atoms with Crippen molar-refractivity contribution in [3.05, 3.63) is 59.2 Å². The lowest BCUT2D eigenvalue weighted by atomic mass is 9.78. The van der Waals surface area contributed by atoms with E-state index in [0.29, 0.717) is 6.42 Å². The highest BCUT2D eigenvalue weighted by atomic mass is 16.5. The maximum Gasteiger partial charge on any atom is 0.339 e. The van der Waals surface area contributed by atoms with Gasteiger partial charge in [0.1, 0.15) is 22.7 Å². The van der Waals surface area contributed by atoms with E-state index >= 15 is 0 Å². The summed E-state index contributed by atoms with van der Waals surface area (Å²) < 4.78 is 5.81.